The van der Waals surface area contributed by atoms with Gasteiger partial charge in [-0.3, -0.25) is 4.79 Å². The number of aliphatic hydroxyl groups is 1. The molecule has 4 rings (SSSR count). The predicted octanol–water partition coefficient (Wildman–Crippen LogP) is 4.61. The Hall–Kier alpha value is -3.30. The van der Waals surface area contributed by atoms with Crippen molar-refractivity contribution in [3.8, 4) is 10.6 Å². The molecule has 2 aromatic carbocycles. The number of amides is 1. The van der Waals surface area contributed by atoms with Crippen LogP contribution in [0.1, 0.15) is 20.8 Å². The highest BCUT2D eigenvalue weighted by molar-refractivity contribution is 7.18. The number of rotatable bonds is 10. The zero-order valence-electron chi connectivity index (χ0n) is 18.3. The molecule has 4 N–H and O–H groups in total. The fourth-order valence-corrected chi connectivity index (χ4v) is 4.59. The molecule has 0 aliphatic rings. The van der Waals surface area contributed by atoms with E-state index in [-0.39, 0.29) is 12.5 Å². The summed E-state index contributed by atoms with van der Waals surface area (Å²) < 4.78 is 0. The summed E-state index contributed by atoms with van der Waals surface area (Å²) in [6.45, 7) is 1.73. The molecular formula is C25H24ClN5O2S. The zero-order chi connectivity index (χ0) is 23.8. The maximum absolute atomic E-state index is 12.6. The first-order valence-corrected chi connectivity index (χ1v) is 11.9. The third-order valence-electron chi connectivity index (χ3n) is 4.90. The summed E-state index contributed by atoms with van der Waals surface area (Å²) in [5, 5.41) is 18.7. The molecule has 34 heavy (non-hydrogen) atoms. The largest absolute Gasteiger partial charge is 0.395 e. The lowest BCUT2D eigenvalue weighted by Crippen LogP contribution is -2.21. The van der Waals surface area contributed by atoms with Crippen LogP contribution in [0, 0.1) is 0 Å². The van der Waals surface area contributed by atoms with Crippen LogP contribution in [-0.4, -0.2) is 34.1 Å². The van der Waals surface area contributed by atoms with E-state index in [0.717, 1.165) is 16.8 Å². The van der Waals surface area contributed by atoms with Gasteiger partial charge in [-0.15, -0.1) is 11.3 Å². The van der Waals surface area contributed by atoms with Gasteiger partial charge in [0.1, 0.15) is 0 Å². The van der Waals surface area contributed by atoms with Crippen LogP contribution in [0.25, 0.3) is 10.6 Å². The number of carbonyl (C=O) groups is 1. The summed E-state index contributed by atoms with van der Waals surface area (Å²) in [4.78, 5) is 22.8. The summed E-state index contributed by atoms with van der Waals surface area (Å²) in [5.74, 6) is 0.249. The molecule has 0 spiro atoms. The highest BCUT2D eigenvalue weighted by Gasteiger charge is 2.16. The van der Waals surface area contributed by atoms with Gasteiger partial charge in [0.2, 0.25) is 5.95 Å². The number of halogens is 1. The van der Waals surface area contributed by atoms with E-state index in [0.29, 0.717) is 46.1 Å². The number of benzene rings is 2. The number of anilines is 2. The third kappa shape index (κ3) is 6.39. The minimum atomic E-state index is -0.180. The van der Waals surface area contributed by atoms with Crippen molar-refractivity contribution in [2.24, 2.45) is 0 Å². The normalized spacial score (nSPS) is 10.8. The zero-order valence-corrected chi connectivity index (χ0v) is 19.9. The lowest BCUT2D eigenvalue weighted by molar-refractivity contribution is 0.0955. The van der Waals surface area contributed by atoms with Crippen LogP contribution in [0.4, 0.5) is 11.6 Å². The Labute approximate surface area is 206 Å². The van der Waals surface area contributed by atoms with Crippen molar-refractivity contribution < 1.29 is 9.90 Å². The van der Waals surface area contributed by atoms with Crippen molar-refractivity contribution in [3.63, 3.8) is 0 Å². The third-order valence-corrected chi connectivity index (χ3v) is 6.46. The molecule has 2 aromatic heterocycles. The Morgan fingerprint density at radius 3 is 2.65 bits per heavy atom. The van der Waals surface area contributed by atoms with Gasteiger partial charge in [-0.25, -0.2) is 9.97 Å². The molecule has 0 fully saturated rings. The highest BCUT2D eigenvalue weighted by atomic mass is 35.5. The van der Waals surface area contributed by atoms with Crippen LogP contribution in [0.2, 0.25) is 5.02 Å². The predicted molar refractivity (Wildman–Crippen MR) is 136 cm³/mol. The molecule has 0 saturated heterocycles. The van der Waals surface area contributed by atoms with Crippen LogP contribution < -0.4 is 16.0 Å². The first-order chi connectivity index (χ1) is 16.6. The van der Waals surface area contributed by atoms with E-state index < -0.39 is 0 Å². The van der Waals surface area contributed by atoms with Crippen LogP contribution in [0.5, 0.6) is 0 Å². The first kappa shape index (κ1) is 23.8. The Morgan fingerprint density at radius 2 is 1.82 bits per heavy atom. The molecule has 7 nitrogen and oxygen atoms in total. The van der Waals surface area contributed by atoms with E-state index in [1.807, 2.05) is 54.6 Å². The minimum Gasteiger partial charge on any atom is -0.395 e. The van der Waals surface area contributed by atoms with Crippen molar-refractivity contribution in [1.29, 1.82) is 0 Å². The molecule has 0 unspecified atom stereocenters. The van der Waals surface area contributed by atoms with Gasteiger partial charge in [-0.05, 0) is 35.4 Å². The van der Waals surface area contributed by atoms with Gasteiger partial charge in [0.05, 0.1) is 27.1 Å². The van der Waals surface area contributed by atoms with E-state index >= 15 is 0 Å². The van der Waals surface area contributed by atoms with E-state index in [1.165, 1.54) is 11.3 Å². The van der Waals surface area contributed by atoms with Gasteiger partial charge >= 0.3 is 0 Å². The van der Waals surface area contributed by atoms with E-state index in [2.05, 4.69) is 25.9 Å². The fourth-order valence-electron chi connectivity index (χ4n) is 3.27. The van der Waals surface area contributed by atoms with Crippen LogP contribution in [0.3, 0.4) is 0 Å². The standard InChI is InChI=1S/C25H24ClN5O2S/c26-20-14-22(24(33)29-16-17-5-2-1-3-6-17)34-23(20)21-9-10-28-25(31-21)30-19-8-4-7-18(13-19)15-27-11-12-32/h1-10,13-14,27,32H,11-12,15-16H2,(H,29,33)(H,28,30,31). The second kappa shape index (κ2) is 11.7. The van der Waals surface area contributed by atoms with Gasteiger partial charge in [-0.1, -0.05) is 54.1 Å². The van der Waals surface area contributed by atoms with Crippen molar-refractivity contribution in [1.82, 2.24) is 20.6 Å². The number of nitrogens with zero attached hydrogens (tertiary/aromatic N) is 2. The SMILES string of the molecule is O=C(NCc1ccccc1)c1cc(Cl)c(-c2ccnc(Nc3cccc(CNCCO)c3)n2)s1. The second-order valence-corrected chi connectivity index (χ2v) is 8.91. The molecule has 0 bridgehead atoms. The van der Waals surface area contributed by atoms with Crippen LogP contribution in [0.15, 0.2) is 72.9 Å². The number of aromatic nitrogens is 2. The highest BCUT2D eigenvalue weighted by Crippen LogP contribution is 2.35. The van der Waals surface area contributed by atoms with Crippen molar-refractivity contribution >= 4 is 40.5 Å². The molecule has 174 valence electrons. The van der Waals surface area contributed by atoms with E-state index in [1.54, 1.807) is 18.3 Å². The summed E-state index contributed by atoms with van der Waals surface area (Å²) in [6, 6.07) is 21.0. The number of nitrogens with one attached hydrogen (secondary N) is 3. The smallest absolute Gasteiger partial charge is 0.261 e. The van der Waals surface area contributed by atoms with Crippen molar-refractivity contribution in [2.75, 3.05) is 18.5 Å². The Morgan fingerprint density at radius 1 is 1.00 bits per heavy atom. The Kier molecular flexibility index (Phi) is 8.21. The van der Waals surface area contributed by atoms with Gasteiger partial charge < -0.3 is 21.1 Å². The average molecular weight is 494 g/mol. The monoisotopic (exact) mass is 493 g/mol. The van der Waals surface area contributed by atoms with Gasteiger partial charge in [0, 0.05) is 31.5 Å². The summed E-state index contributed by atoms with van der Waals surface area (Å²) in [7, 11) is 0. The number of carbonyl (C=O) groups excluding carboxylic acids is 1. The average Bonchev–Trinajstić information content (AvgIpc) is 3.25. The summed E-state index contributed by atoms with van der Waals surface area (Å²) in [6.07, 6.45) is 1.66. The molecule has 0 aliphatic heterocycles. The fraction of sp³-hybridized carbons (Fsp3) is 0.160. The lowest BCUT2D eigenvalue weighted by Gasteiger charge is -2.09. The molecule has 0 aliphatic carbocycles. The number of hydrogen-bond donors (Lipinski definition) is 4. The topological polar surface area (TPSA) is 99.2 Å². The van der Waals surface area contributed by atoms with Gasteiger partial charge in [-0.2, -0.15) is 0 Å². The molecule has 9 heteroatoms. The molecule has 1 amide bonds. The molecule has 2 heterocycles. The molecule has 0 radical (unpaired) electrons. The van der Waals surface area contributed by atoms with E-state index in [9.17, 15) is 4.79 Å². The molecule has 0 atom stereocenters. The summed E-state index contributed by atoms with van der Waals surface area (Å²) >= 11 is 7.75. The van der Waals surface area contributed by atoms with Crippen LogP contribution in [-0.2, 0) is 13.1 Å². The second-order valence-electron chi connectivity index (χ2n) is 7.45. The first-order valence-electron chi connectivity index (χ1n) is 10.7. The van der Waals surface area contributed by atoms with Gasteiger partial charge in [0.25, 0.3) is 5.91 Å². The Bertz CT molecular complexity index is 1250. The quantitative estimate of drug-likeness (QED) is 0.241. The lowest BCUT2D eigenvalue weighted by atomic mass is 10.2. The summed E-state index contributed by atoms with van der Waals surface area (Å²) in [5.41, 5.74) is 3.58. The minimum absolute atomic E-state index is 0.0975. The molecule has 0 saturated carbocycles. The number of thiophene rings is 1. The number of aliphatic hydroxyl groups excluding tert-OH is 1. The Balaban J connectivity index is 1.45. The van der Waals surface area contributed by atoms with Crippen LogP contribution >= 0.6 is 22.9 Å². The van der Waals surface area contributed by atoms with Crippen molar-refractivity contribution in [2.45, 2.75) is 13.1 Å². The molecule has 4 aromatic rings. The van der Waals surface area contributed by atoms with E-state index in [4.69, 9.17) is 16.7 Å². The maximum atomic E-state index is 12.6. The van der Waals surface area contributed by atoms with Crippen molar-refractivity contribution in [3.05, 3.63) is 94.0 Å². The maximum Gasteiger partial charge on any atom is 0.261 e. The number of hydrogen-bond acceptors (Lipinski definition) is 7. The van der Waals surface area contributed by atoms with Gasteiger partial charge in [0.15, 0.2) is 0 Å². The molecular weight excluding hydrogens is 470 g/mol.